The molecule has 1 N–H and O–H groups in total. The van der Waals surface area contributed by atoms with Gasteiger partial charge >= 0.3 is 5.97 Å². The van der Waals surface area contributed by atoms with Crippen LogP contribution in [0.3, 0.4) is 0 Å². The molecule has 0 bridgehead atoms. The predicted octanol–water partition coefficient (Wildman–Crippen LogP) is 4.43. The van der Waals surface area contributed by atoms with Gasteiger partial charge in [-0.05, 0) is 60.5 Å². The summed E-state index contributed by atoms with van der Waals surface area (Å²) in [4.78, 5) is 24.3. The Labute approximate surface area is 151 Å². The van der Waals surface area contributed by atoms with Crippen LogP contribution in [0.1, 0.15) is 32.7 Å². The summed E-state index contributed by atoms with van der Waals surface area (Å²) in [5.41, 5.74) is 1.94. The molecular formula is C22H18O4. The Hall–Kier alpha value is -3.40. The second kappa shape index (κ2) is 8.12. The largest absolute Gasteiger partial charge is 0.508 e. The molecule has 3 aromatic rings. The molecule has 3 aromatic carbocycles. The van der Waals surface area contributed by atoms with Gasteiger partial charge in [0.05, 0.1) is 5.56 Å². The van der Waals surface area contributed by atoms with Gasteiger partial charge in [0.1, 0.15) is 11.5 Å². The van der Waals surface area contributed by atoms with Gasteiger partial charge in [0, 0.05) is 12.0 Å². The van der Waals surface area contributed by atoms with Crippen LogP contribution in [0.25, 0.3) is 0 Å². The number of aryl methyl sites for hydroxylation is 1. The van der Waals surface area contributed by atoms with E-state index in [4.69, 9.17) is 4.74 Å². The fourth-order valence-electron chi connectivity index (χ4n) is 2.56. The summed E-state index contributed by atoms with van der Waals surface area (Å²) in [7, 11) is 0. The van der Waals surface area contributed by atoms with E-state index in [9.17, 15) is 14.7 Å². The van der Waals surface area contributed by atoms with E-state index in [0.29, 0.717) is 29.7 Å². The van der Waals surface area contributed by atoms with E-state index in [2.05, 4.69) is 0 Å². The summed E-state index contributed by atoms with van der Waals surface area (Å²) in [5.74, 6) is 0.144. The first kappa shape index (κ1) is 17.4. The van der Waals surface area contributed by atoms with Crippen molar-refractivity contribution in [1.82, 2.24) is 0 Å². The summed E-state index contributed by atoms with van der Waals surface area (Å²) in [6.07, 6.45) is 0.893. The second-order valence-corrected chi connectivity index (χ2v) is 5.87. The lowest BCUT2D eigenvalue weighted by Crippen LogP contribution is -2.08. The van der Waals surface area contributed by atoms with Crippen LogP contribution in [0.5, 0.6) is 11.5 Å². The molecule has 0 fully saturated rings. The average Bonchev–Trinajstić information content (AvgIpc) is 2.67. The van der Waals surface area contributed by atoms with Gasteiger partial charge in [0.25, 0.3) is 0 Å². The van der Waals surface area contributed by atoms with E-state index >= 15 is 0 Å². The third kappa shape index (κ3) is 4.57. The number of rotatable bonds is 6. The molecule has 26 heavy (non-hydrogen) atoms. The molecule has 0 unspecified atom stereocenters. The molecule has 0 aliphatic heterocycles. The number of carbonyl (C=O) groups is 2. The van der Waals surface area contributed by atoms with E-state index < -0.39 is 5.97 Å². The number of ether oxygens (including phenoxy) is 1. The molecule has 0 amide bonds. The number of benzene rings is 3. The summed E-state index contributed by atoms with van der Waals surface area (Å²) >= 11 is 0. The highest BCUT2D eigenvalue weighted by atomic mass is 16.5. The van der Waals surface area contributed by atoms with Crippen molar-refractivity contribution in [3.63, 3.8) is 0 Å². The molecule has 0 saturated carbocycles. The van der Waals surface area contributed by atoms with E-state index in [-0.39, 0.29) is 11.5 Å². The molecule has 0 aliphatic rings. The smallest absolute Gasteiger partial charge is 0.343 e. The fraction of sp³-hybridized carbons (Fsp3) is 0.0909. The predicted molar refractivity (Wildman–Crippen MR) is 98.6 cm³/mol. The number of esters is 1. The topological polar surface area (TPSA) is 63.6 Å². The first-order chi connectivity index (χ1) is 12.6. The van der Waals surface area contributed by atoms with Gasteiger partial charge in [-0.3, -0.25) is 4.79 Å². The molecule has 0 atom stereocenters. The van der Waals surface area contributed by atoms with Gasteiger partial charge in [-0.1, -0.05) is 30.3 Å². The van der Waals surface area contributed by atoms with Gasteiger partial charge in [-0.15, -0.1) is 0 Å². The quantitative estimate of drug-likeness (QED) is 0.407. The number of hydrogen-bond donors (Lipinski definition) is 1. The maximum Gasteiger partial charge on any atom is 0.343 e. The zero-order valence-corrected chi connectivity index (χ0v) is 14.1. The average molecular weight is 346 g/mol. The molecule has 0 saturated heterocycles. The van der Waals surface area contributed by atoms with E-state index in [1.54, 1.807) is 66.7 Å². The summed E-state index contributed by atoms with van der Waals surface area (Å²) in [5, 5.41) is 9.45. The SMILES string of the molecule is O=C(CCc1cccc(O)c1)c1ccc(OC(=O)c2ccccc2)cc1. The fourth-order valence-corrected chi connectivity index (χ4v) is 2.56. The Kier molecular flexibility index (Phi) is 5.44. The minimum absolute atomic E-state index is 0.00530. The molecule has 0 spiro atoms. The highest BCUT2D eigenvalue weighted by Gasteiger charge is 2.10. The molecule has 4 heteroatoms. The number of hydrogen-bond acceptors (Lipinski definition) is 4. The van der Waals surface area contributed by atoms with Crippen molar-refractivity contribution >= 4 is 11.8 Å². The first-order valence-corrected chi connectivity index (χ1v) is 8.30. The van der Waals surface area contributed by atoms with Crippen molar-refractivity contribution in [2.45, 2.75) is 12.8 Å². The van der Waals surface area contributed by atoms with Gasteiger partial charge in [-0.25, -0.2) is 4.79 Å². The van der Waals surface area contributed by atoms with Gasteiger partial charge in [0.15, 0.2) is 5.78 Å². The lowest BCUT2D eigenvalue weighted by Gasteiger charge is -2.06. The van der Waals surface area contributed by atoms with Crippen LogP contribution in [-0.2, 0) is 6.42 Å². The first-order valence-electron chi connectivity index (χ1n) is 8.30. The van der Waals surface area contributed by atoms with Crippen LogP contribution < -0.4 is 4.74 Å². The molecule has 130 valence electrons. The Morgan fingerprint density at radius 3 is 2.23 bits per heavy atom. The minimum Gasteiger partial charge on any atom is -0.508 e. The van der Waals surface area contributed by atoms with Crippen molar-refractivity contribution in [2.75, 3.05) is 0 Å². The van der Waals surface area contributed by atoms with Crippen LogP contribution in [0.15, 0.2) is 78.9 Å². The van der Waals surface area contributed by atoms with Crippen molar-refractivity contribution in [3.05, 3.63) is 95.6 Å². The Bertz CT molecular complexity index is 899. The molecule has 4 nitrogen and oxygen atoms in total. The molecule has 3 rings (SSSR count). The number of carbonyl (C=O) groups excluding carboxylic acids is 2. The van der Waals surface area contributed by atoms with Gasteiger partial charge in [0.2, 0.25) is 0 Å². The van der Waals surface area contributed by atoms with Crippen LogP contribution in [0.4, 0.5) is 0 Å². The van der Waals surface area contributed by atoms with Crippen molar-refractivity contribution in [2.24, 2.45) is 0 Å². The third-order valence-electron chi connectivity index (χ3n) is 3.95. The van der Waals surface area contributed by atoms with Crippen molar-refractivity contribution in [3.8, 4) is 11.5 Å². The monoisotopic (exact) mass is 346 g/mol. The Balaban J connectivity index is 1.58. The van der Waals surface area contributed by atoms with E-state index in [1.807, 2.05) is 12.1 Å². The molecule has 0 radical (unpaired) electrons. The number of phenols is 1. The summed E-state index contributed by atoms with van der Waals surface area (Å²) in [6, 6.07) is 22.1. The van der Waals surface area contributed by atoms with E-state index in [0.717, 1.165) is 5.56 Å². The summed E-state index contributed by atoms with van der Waals surface area (Å²) < 4.78 is 5.30. The minimum atomic E-state index is -0.437. The standard InChI is InChI=1S/C22H18O4/c23-19-8-4-5-16(15-19)9-14-21(24)17-10-12-20(13-11-17)26-22(25)18-6-2-1-3-7-18/h1-8,10-13,15,23H,9,14H2. The molecule has 0 aromatic heterocycles. The number of ketones is 1. The second-order valence-electron chi connectivity index (χ2n) is 5.87. The number of aromatic hydroxyl groups is 1. The highest BCUT2D eigenvalue weighted by molar-refractivity contribution is 5.96. The van der Waals surface area contributed by atoms with Crippen LogP contribution in [0.2, 0.25) is 0 Å². The van der Waals surface area contributed by atoms with Gasteiger partial charge < -0.3 is 9.84 Å². The lowest BCUT2D eigenvalue weighted by atomic mass is 10.0. The van der Waals surface area contributed by atoms with Crippen molar-refractivity contribution < 1.29 is 19.4 Å². The maximum absolute atomic E-state index is 12.3. The maximum atomic E-state index is 12.3. The van der Waals surface area contributed by atoms with Gasteiger partial charge in [-0.2, -0.15) is 0 Å². The van der Waals surface area contributed by atoms with Crippen LogP contribution in [0, 0.1) is 0 Å². The van der Waals surface area contributed by atoms with Crippen LogP contribution >= 0.6 is 0 Å². The highest BCUT2D eigenvalue weighted by Crippen LogP contribution is 2.17. The lowest BCUT2D eigenvalue weighted by molar-refractivity contribution is 0.0734. The number of Topliss-reactive ketones (excluding diaryl/α,β-unsaturated/α-hetero) is 1. The normalized spacial score (nSPS) is 10.3. The molecular weight excluding hydrogens is 328 g/mol. The zero-order chi connectivity index (χ0) is 18.4. The van der Waals surface area contributed by atoms with Crippen LogP contribution in [-0.4, -0.2) is 16.9 Å². The van der Waals surface area contributed by atoms with Crippen molar-refractivity contribution in [1.29, 1.82) is 0 Å². The molecule has 0 heterocycles. The molecule has 0 aliphatic carbocycles. The zero-order valence-electron chi connectivity index (χ0n) is 14.1. The third-order valence-corrected chi connectivity index (χ3v) is 3.95. The van der Waals surface area contributed by atoms with E-state index in [1.165, 1.54) is 0 Å². The number of phenolic OH excluding ortho intramolecular Hbond substituents is 1. The Morgan fingerprint density at radius 1 is 0.808 bits per heavy atom. The summed E-state index contributed by atoms with van der Waals surface area (Å²) in [6.45, 7) is 0. The Morgan fingerprint density at radius 2 is 1.54 bits per heavy atom.